The molecule has 1 aromatic heterocycles. The molecule has 0 bridgehead atoms. The fourth-order valence-corrected chi connectivity index (χ4v) is 2.83. The van der Waals surface area contributed by atoms with Gasteiger partial charge in [-0.05, 0) is 30.3 Å². The normalized spacial score (nSPS) is 11.2. The number of hydrogen-bond acceptors (Lipinski definition) is 5. The molecule has 0 aliphatic carbocycles. The van der Waals surface area contributed by atoms with Gasteiger partial charge in [0.1, 0.15) is 6.33 Å². The van der Waals surface area contributed by atoms with Crippen LogP contribution in [0.5, 0.6) is 0 Å². The second-order valence-corrected chi connectivity index (χ2v) is 7.18. The number of anilines is 1. The molecule has 0 fully saturated rings. The Kier molecular flexibility index (Phi) is 4.13. The molecule has 2 aromatic carbocycles. The van der Waals surface area contributed by atoms with Crippen LogP contribution in [0.2, 0.25) is 0 Å². The molecule has 122 valence electrons. The van der Waals surface area contributed by atoms with Crippen LogP contribution < -0.4 is 5.32 Å². The van der Waals surface area contributed by atoms with E-state index in [2.05, 4.69) is 20.5 Å². The largest absolute Gasteiger partial charge is 0.322 e. The number of aromatic nitrogens is 3. The third-order valence-corrected chi connectivity index (χ3v) is 4.44. The smallest absolute Gasteiger partial charge is 0.255 e. The molecule has 0 atom stereocenters. The molecule has 0 radical (unpaired) electrons. The van der Waals surface area contributed by atoms with Crippen LogP contribution in [-0.2, 0) is 9.84 Å². The zero-order valence-corrected chi connectivity index (χ0v) is 13.5. The summed E-state index contributed by atoms with van der Waals surface area (Å²) < 4.78 is 23.2. The maximum absolute atomic E-state index is 12.3. The van der Waals surface area contributed by atoms with Gasteiger partial charge in [0.05, 0.1) is 4.90 Å². The molecule has 24 heavy (non-hydrogen) atoms. The number of sulfone groups is 1. The van der Waals surface area contributed by atoms with E-state index in [1.807, 2.05) is 6.07 Å². The van der Waals surface area contributed by atoms with Crippen molar-refractivity contribution in [3.63, 3.8) is 0 Å². The Morgan fingerprint density at radius 3 is 2.62 bits per heavy atom. The summed E-state index contributed by atoms with van der Waals surface area (Å²) in [5, 5.41) is 9.28. The monoisotopic (exact) mass is 342 g/mol. The van der Waals surface area contributed by atoms with E-state index < -0.39 is 15.7 Å². The molecule has 0 aliphatic heterocycles. The van der Waals surface area contributed by atoms with Gasteiger partial charge < -0.3 is 5.32 Å². The maximum Gasteiger partial charge on any atom is 0.255 e. The highest BCUT2D eigenvalue weighted by Gasteiger charge is 2.12. The van der Waals surface area contributed by atoms with Crippen molar-refractivity contribution in [2.24, 2.45) is 0 Å². The van der Waals surface area contributed by atoms with Crippen molar-refractivity contribution in [3.8, 4) is 11.4 Å². The van der Waals surface area contributed by atoms with Crippen LogP contribution in [0.25, 0.3) is 11.4 Å². The van der Waals surface area contributed by atoms with Crippen molar-refractivity contribution in [3.05, 3.63) is 60.4 Å². The molecule has 1 heterocycles. The summed E-state index contributed by atoms with van der Waals surface area (Å²) in [6.07, 6.45) is 2.50. The van der Waals surface area contributed by atoms with Crippen LogP contribution in [-0.4, -0.2) is 35.8 Å². The van der Waals surface area contributed by atoms with Gasteiger partial charge in [-0.1, -0.05) is 18.2 Å². The first kappa shape index (κ1) is 15.9. The molecule has 0 spiro atoms. The summed E-state index contributed by atoms with van der Waals surface area (Å²) >= 11 is 0. The minimum atomic E-state index is -3.37. The molecule has 0 unspecified atom stereocenters. The van der Waals surface area contributed by atoms with Crippen LogP contribution in [0.15, 0.2) is 59.8 Å². The fourth-order valence-electron chi connectivity index (χ4n) is 2.16. The van der Waals surface area contributed by atoms with E-state index in [1.165, 1.54) is 24.5 Å². The highest BCUT2D eigenvalue weighted by Crippen LogP contribution is 2.20. The third kappa shape index (κ3) is 3.49. The van der Waals surface area contributed by atoms with Crippen molar-refractivity contribution >= 4 is 21.4 Å². The number of nitrogens with zero attached hydrogens (tertiary/aromatic N) is 2. The second kappa shape index (κ2) is 6.25. The van der Waals surface area contributed by atoms with Crippen LogP contribution in [0.4, 0.5) is 5.69 Å². The van der Waals surface area contributed by atoms with Gasteiger partial charge in [-0.2, -0.15) is 5.10 Å². The third-order valence-electron chi connectivity index (χ3n) is 3.33. The van der Waals surface area contributed by atoms with E-state index in [0.29, 0.717) is 11.5 Å². The molecular formula is C16H14N4O3S. The van der Waals surface area contributed by atoms with Gasteiger partial charge in [0, 0.05) is 23.1 Å². The Balaban J connectivity index is 1.84. The minimum absolute atomic E-state index is 0.102. The minimum Gasteiger partial charge on any atom is -0.322 e. The predicted octanol–water partition coefficient (Wildman–Crippen LogP) is 2.13. The molecule has 0 saturated heterocycles. The van der Waals surface area contributed by atoms with E-state index in [0.717, 1.165) is 11.8 Å². The topological polar surface area (TPSA) is 105 Å². The zero-order valence-electron chi connectivity index (χ0n) is 12.7. The summed E-state index contributed by atoms with van der Waals surface area (Å²) in [7, 11) is -3.37. The molecular weight excluding hydrogens is 328 g/mol. The molecule has 0 aliphatic rings. The van der Waals surface area contributed by atoms with Crippen molar-refractivity contribution < 1.29 is 13.2 Å². The number of hydrogen-bond donors (Lipinski definition) is 2. The molecule has 1 amide bonds. The van der Waals surface area contributed by atoms with Crippen molar-refractivity contribution in [2.75, 3.05) is 11.6 Å². The van der Waals surface area contributed by atoms with Gasteiger partial charge >= 0.3 is 0 Å². The lowest BCUT2D eigenvalue weighted by atomic mass is 10.1. The predicted molar refractivity (Wildman–Crippen MR) is 89.3 cm³/mol. The number of aromatic amines is 1. The van der Waals surface area contributed by atoms with E-state index in [1.54, 1.807) is 24.3 Å². The highest BCUT2D eigenvalue weighted by atomic mass is 32.2. The van der Waals surface area contributed by atoms with Crippen molar-refractivity contribution in [1.82, 2.24) is 15.2 Å². The highest BCUT2D eigenvalue weighted by molar-refractivity contribution is 7.90. The fraction of sp³-hybridized carbons (Fsp3) is 0.0625. The van der Waals surface area contributed by atoms with E-state index in [-0.39, 0.29) is 10.5 Å². The molecule has 3 aromatic rings. The first-order chi connectivity index (χ1) is 11.4. The average molecular weight is 342 g/mol. The van der Waals surface area contributed by atoms with Gasteiger partial charge in [-0.25, -0.2) is 13.4 Å². The first-order valence-corrected chi connectivity index (χ1v) is 8.90. The summed E-state index contributed by atoms with van der Waals surface area (Å²) in [5.74, 6) is 0.195. The summed E-state index contributed by atoms with van der Waals surface area (Å²) in [5.41, 5.74) is 1.61. The number of benzene rings is 2. The summed E-state index contributed by atoms with van der Waals surface area (Å²) in [4.78, 5) is 16.5. The standard InChI is InChI=1S/C16H14N4O3S/c1-24(22,23)14-7-3-5-12(9-14)16(21)19-13-6-2-4-11(8-13)15-17-10-18-20-15/h2-10H,1H3,(H,19,21)(H,17,18,20). The molecule has 2 N–H and O–H groups in total. The quantitative estimate of drug-likeness (QED) is 0.756. The van der Waals surface area contributed by atoms with Gasteiger partial charge in [-0.15, -0.1) is 0 Å². The number of rotatable bonds is 4. The number of carbonyl (C=O) groups is 1. The van der Waals surface area contributed by atoms with E-state index >= 15 is 0 Å². The van der Waals surface area contributed by atoms with Gasteiger partial charge in [0.2, 0.25) is 0 Å². The molecule has 0 saturated carbocycles. The Hall–Kier alpha value is -3.00. The number of amides is 1. The molecule has 7 nitrogen and oxygen atoms in total. The average Bonchev–Trinajstić information content (AvgIpc) is 3.09. The van der Waals surface area contributed by atoms with Crippen LogP contribution in [0, 0.1) is 0 Å². The molecule has 3 rings (SSSR count). The van der Waals surface area contributed by atoms with E-state index in [9.17, 15) is 13.2 Å². The Labute approximate surface area is 138 Å². The summed E-state index contributed by atoms with van der Waals surface area (Å²) in [6, 6.07) is 13.0. The van der Waals surface area contributed by atoms with Gasteiger partial charge in [0.15, 0.2) is 15.7 Å². The van der Waals surface area contributed by atoms with Crippen molar-refractivity contribution in [1.29, 1.82) is 0 Å². The van der Waals surface area contributed by atoms with Crippen molar-refractivity contribution in [2.45, 2.75) is 4.90 Å². The lowest BCUT2D eigenvalue weighted by Gasteiger charge is -2.07. The van der Waals surface area contributed by atoms with E-state index in [4.69, 9.17) is 0 Å². The molecule has 8 heteroatoms. The van der Waals surface area contributed by atoms with Crippen LogP contribution in [0.3, 0.4) is 0 Å². The zero-order chi connectivity index (χ0) is 17.2. The first-order valence-electron chi connectivity index (χ1n) is 7.01. The number of nitrogens with one attached hydrogen (secondary N) is 2. The summed E-state index contributed by atoms with van der Waals surface area (Å²) in [6.45, 7) is 0. The lowest BCUT2D eigenvalue weighted by Crippen LogP contribution is -2.12. The SMILES string of the molecule is CS(=O)(=O)c1cccc(C(=O)Nc2cccc(-c3ncn[nH]3)c2)c1. The van der Waals surface area contributed by atoms with Gasteiger partial charge in [0.25, 0.3) is 5.91 Å². The lowest BCUT2D eigenvalue weighted by molar-refractivity contribution is 0.102. The maximum atomic E-state index is 12.3. The van der Waals surface area contributed by atoms with Crippen LogP contribution in [0.1, 0.15) is 10.4 Å². The Bertz CT molecular complexity index is 982. The Morgan fingerprint density at radius 1 is 1.12 bits per heavy atom. The number of carbonyl (C=O) groups excluding carboxylic acids is 1. The Morgan fingerprint density at radius 2 is 1.92 bits per heavy atom. The van der Waals surface area contributed by atoms with Gasteiger partial charge in [-0.3, -0.25) is 9.89 Å². The van der Waals surface area contributed by atoms with Crippen LogP contribution >= 0.6 is 0 Å². The second-order valence-electron chi connectivity index (χ2n) is 5.17. The number of H-pyrrole nitrogens is 1.